The average molecular weight is 396 g/mol. The molecular formula is C24H20N4O2. The van der Waals surface area contributed by atoms with E-state index < -0.39 is 6.04 Å². The van der Waals surface area contributed by atoms with Crippen LogP contribution < -0.4 is 10.6 Å². The summed E-state index contributed by atoms with van der Waals surface area (Å²) < 4.78 is 2.01. The summed E-state index contributed by atoms with van der Waals surface area (Å²) in [6, 6.07) is 23.8. The predicted molar refractivity (Wildman–Crippen MR) is 117 cm³/mol. The fourth-order valence-electron chi connectivity index (χ4n) is 3.99. The van der Waals surface area contributed by atoms with E-state index >= 15 is 0 Å². The molecule has 1 amide bonds. The molecule has 3 N–H and O–H groups in total. The van der Waals surface area contributed by atoms with Gasteiger partial charge < -0.3 is 15.7 Å². The van der Waals surface area contributed by atoms with Gasteiger partial charge in [0.25, 0.3) is 5.91 Å². The molecule has 0 fully saturated rings. The summed E-state index contributed by atoms with van der Waals surface area (Å²) >= 11 is 0. The zero-order valence-electron chi connectivity index (χ0n) is 16.3. The summed E-state index contributed by atoms with van der Waals surface area (Å²) in [4.78, 5) is 18.1. The molecule has 30 heavy (non-hydrogen) atoms. The number of hydrogen-bond donors (Lipinski definition) is 3. The molecule has 148 valence electrons. The van der Waals surface area contributed by atoms with Crippen LogP contribution in [-0.2, 0) is 4.79 Å². The van der Waals surface area contributed by atoms with Crippen molar-refractivity contribution in [2.45, 2.75) is 13.0 Å². The Balaban J connectivity index is 1.69. The van der Waals surface area contributed by atoms with Crippen LogP contribution in [0, 0.1) is 0 Å². The Bertz CT molecular complexity index is 1290. The SMILES string of the molecule is CC1=C(C(=O)Nc2ccccc2)[C@H](c2cccc(O)c2)n2c(nc3ccccc32)N1. The number of para-hydroxylation sites is 3. The highest BCUT2D eigenvalue weighted by molar-refractivity contribution is 6.06. The lowest BCUT2D eigenvalue weighted by Gasteiger charge is -2.30. The average Bonchev–Trinajstić information content (AvgIpc) is 3.11. The highest BCUT2D eigenvalue weighted by Gasteiger charge is 2.34. The Morgan fingerprint density at radius 3 is 2.60 bits per heavy atom. The summed E-state index contributed by atoms with van der Waals surface area (Å²) in [6.45, 7) is 1.87. The molecule has 1 aliphatic rings. The van der Waals surface area contributed by atoms with Crippen LogP contribution >= 0.6 is 0 Å². The lowest BCUT2D eigenvalue weighted by Crippen LogP contribution is -2.30. The maximum atomic E-state index is 13.4. The number of anilines is 2. The van der Waals surface area contributed by atoms with Crippen molar-refractivity contribution in [2.24, 2.45) is 0 Å². The van der Waals surface area contributed by atoms with Gasteiger partial charge in [-0.15, -0.1) is 0 Å². The van der Waals surface area contributed by atoms with Crippen molar-refractivity contribution in [3.8, 4) is 5.75 Å². The van der Waals surface area contributed by atoms with Gasteiger partial charge in [0.2, 0.25) is 5.95 Å². The van der Waals surface area contributed by atoms with E-state index in [0.717, 1.165) is 28.0 Å². The molecule has 0 spiro atoms. The normalized spacial score (nSPS) is 15.6. The van der Waals surface area contributed by atoms with Crippen molar-refractivity contribution < 1.29 is 9.90 Å². The Hall–Kier alpha value is -4.06. The van der Waals surface area contributed by atoms with Crippen molar-refractivity contribution in [3.63, 3.8) is 0 Å². The third-order valence-corrected chi connectivity index (χ3v) is 5.29. The molecule has 0 saturated heterocycles. The maximum absolute atomic E-state index is 13.4. The number of carbonyl (C=O) groups is 1. The first kappa shape index (κ1) is 18.0. The van der Waals surface area contributed by atoms with Gasteiger partial charge in [0.15, 0.2) is 0 Å². The van der Waals surface area contributed by atoms with E-state index in [1.807, 2.05) is 72.2 Å². The number of phenols is 1. The molecule has 6 heteroatoms. The van der Waals surface area contributed by atoms with Crippen LogP contribution in [-0.4, -0.2) is 20.6 Å². The number of aromatic nitrogens is 2. The van der Waals surface area contributed by atoms with Gasteiger partial charge in [-0.1, -0.05) is 42.5 Å². The van der Waals surface area contributed by atoms with Gasteiger partial charge in [0.05, 0.1) is 22.6 Å². The first-order valence-corrected chi connectivity index (χ1v) is 9.72. The number of aromatic hydroxyl groups is 1. The third-order valence-electron chi connectivity index (χ3n) is 5.29. The fourth-order valence-corrected chi connectivity index (χ4v) is 3.99. The Morgan fingerprint density at radius 1 is 1.03 bits per heavy atom. The van der Waals surface area contributed by atoms with Crippen LogP contribution in [0.4, 0.5) is 11.6 Å². The van der Waals surface area contributed by atoms with Crippen LogP contribution in [0.25, 0.3) is 11.0 Å². The van der Waals surface area contributed by atoms with Gasteiger partial charge in [-0.25, -0.2) is 4.98 Å². The second-order valence-corrected chi connectivity index (χ2v) is 7.28. The van der Waals surface area contributed by atoms with E-state index in [1.54, 1.807) is 18.2 Å². The molecular weight excluding hydrogens is 376 g/mol. The topological polar surface area (TPSA) is 79.2 Å². The Kier molecular flexibility index (Phi) is 4.25. The predicted octanol–water partition coefficient (Wildman–Crippen LogP) is 4.67. The molecule has 0 aliphatic carbocycles. The second kappa shape index (κ2) is 7.08. The van der Waals surface area contributed by atoms with E-state index in [-0.39, 0.29) is 11.7 Å². The van der Waals surface area contributed by atoms with Gasteiger partial charge in [-0.3, -0.25) is 9.36 Å². The summed E-state index contributed by atoms with van der Waals surface area (Å²) in [5.41, 5.74) is 4.56. The molecule has 5 rings (SSSR count). The van der Waals surface area contributed by atoms with Gasteiger partial charge >= 0.3 is 0 Å². The van der Waals surface area contributed by atoms with Crippen molar-refractivity contribution >= 4 is 28.6 Å². The molecule has 1 aromatic heterocycles. The maximum Gasteiger partial charge on any atom is 0.255 e. The Morgan fingerprint density at radius 2 is 1.80 bits per heavy atom. The minimum atomic E-state index is -0.440. The zero-order valence-corrected chi connectivity index (χ0v) is 16.3. The molecule has 0 radical (unpaired) electrons. The number of allylic oxidation sites excluding steroid dienone is 1. The molecule has 2 heterocycles. The van der Waals surface area contributed by atoms with Crippen LogP contribution in [0.3, 0.4) is 0 Å². The highest BCUT2D eigenvalue weighted by atomic mass is 16.3. The number of phenolic OH excluding ortho intramolecular Hbond substituents is 1. The van der Waals surface area contributed by atoms with E-state index in [1.165, 1.54) is 0 Å². The number of fused-ring (bicyclic) bond motifs is 3. The first-order valence-electron chi connectivity index (χ1n) is 9.72. The summed E-state index contributed by atoms with van der Waals surface area (Å²) in [5.74, 6) is 0.610. The van der Waals surface area contributed by atoms with Gasteiger partial charge in [-0.2, -0.15) is 0 Å². The van der Waals surface area contributed by atoms with Gasteiger partial charge in [0.1, 0.15) is 5.75 Å². The van der Waals surface area contributed by atoms with Crippen LogP contribution in [0.1, 0.15) is 18.5 Å². The molecule has 4 aromatic rings. The molecule has 0 unspecified atom stereocenters. The molecule has 0 bridgehead atoms. The highest BCUT2D eigenvalue weighted by Crippen LogP contribution is 2.40. The van der Waals surface area contributed by atoms with Crippen molar-refractivity contribution in [1.82, 2.24) is 9.55 Å². The van der Waals surface area contributed by atoms with E-state index in [2.05, 4.69) is 10.6 Å². The minimum absolute atomic E-state index is 0.150. The minimum Gasteiger partial charge on any atom is -0.508 e. The molecule has 1 atom stereocenters. The first-order chi connectivity index (χ1) is 14.6. The summed E-state index contributed by atoms with van der Waals surface area (Å²) in [6.07, 6.45) is 0. The van der Waals surface area contributed by atoms with E-state index in [0.29, 0.717) is 11.5 Å². The third kappa shape index (κ3) is 2.99. The number of carbonyl (C=O) groups excluding carboxylic acids is 1. The Labute approximate surface area is 173 Å². The molecule has 0 saturated carbocycles. The van der Waals surface area contributed by atoms with Crippen molar-refractivity contribution in [1.29, 1.82) is 0 Å². The van der Waals surface area contributed by atoms with E-state index in [9.17, 15) is 9.90 Å². The summed E-state index contributed by atoms with van der Waals surface area (Å²) in [5, 5.41) is 16.4. The van der Waals surface area contributed by atoms with Gasteiger partial charge in [-0.05, 0) is 48.9 Å². The van der Waals surface area contributed by atoms with Gasteiger partial charge in [0, 0.05) is 11.4 Å². The number of hydrogen-bond acceptors (Lipinski definition) is 4. The van der Waals surface area contributed by atoms with Crippen LogP contribution in [0.5, 0.6) is 5.75 Å². The van der Waals surface area contributed by atoms with Crippen molar-refractivity contribution in [3.05, 3.63) is 95.7 Å². The number of amides is 1. The number of nitrogens with one attached hydrogen (secondary N) is 2. The lowest BCUT2D eigenvalue weighted by molar-refractivity contribution is -0.113. The monoisotopic (exact) mass is 396 g/mol. The quantitative estimate of drug-likeness (QED) is 0.470. The molecule has 3 aromatic carbocycles. The smallest absolute Gasteiger partial charge is 0.255 e. The number of imidazole rings is 1. The number of nitrogens with zero attached hydrogens (tertiary/aromatic N) is 2. The molecule has 1 aliphatic heterocycles. The zero-order chi connectivity index (χ0) is 20.7. The standard InChI is InChI=1S/C24H20N4O2/c1-15-21(23(30)26-17-9-3-2-4-10-17)22(16-8-7-11-18(29)14-16)28-20-13-6-5-12-19(20)27-24(28)25-15/h2-14,22,29H,1H3,(H,25,27)(H,26,30)/t22-/m0/s1. The van der Waals surface area contributed by atoms with Crippen molar-refractivity contribution in [2.75, 3.05) is 10.6 Å². The van der Waals surface area contributed by atoms with E-state index in [4.69, 9.17) is 4.98 Å². The lowest BCUT2D eigenvalue weighted by atomic mass is 9.94. The van der Waals surface area contributed by atoms with Crippen LogP contribution in [0.15, 0.2) is 90.1 Å². The largest absolute Gasteiger partial charge is 0.508 e. The fraction of sp³-hybridized carbons (Fsp3) is 0.0833. The number of benzene rings is 3. The van der Waals surface area contributed by atoms with Crippen LogP contribution in [0.2, 0.25) is 0 Å². The number of rotatable bonds is 3. The second-order valence-electron chi connectivity index (χ2n) is 7.28. The summed E-state index contributed by atoms with van der Waals surface area (Å²) in [7, 11) is 0. The molecule has 6 nitrogen and oxygen atoms in total.